The van der Waals surface area contributed by atoms with Crippen LogP contribution in [-0.4, -0.2) is 0 Å². The molecule has 2 heteroatoms. The molecule has 0 saturated carbocycles. The molecule has 0 amide bonds. The third-order valence-corrected chi connectivity index (χ3v) is 8.62. The molecule has 0 N–H and O–H groups in total. The van der Waals surface area contributed by atoms with Crippen LogP contribution in [-0.2, 0) is 0 Å². The standard InChI is InChI=1S/C46H31NO/c1-3-9-32(10-4-1)34-17-23-40(24-18-34)47(41-25-19-35(20-26-41)33-11-5-2-6-12-33)42-27-21-37-29-36(15-16-38(37)30-42)39-22-28-46-44(31-39)43-13-7-8-14-45(43)48-46/h1-31H/i1D,2D,3D,4D,5D,6D,9D,10D,11D,12D. The van der Waals surface area contributed by atoms with E-state index >= 15 is 0 Å². The number of furan rings is 1. The van der Waals surface area contributed by atoms with Gasteiger partial charge in [-0.15, -0.1) is 0 Å². The fourth-order valence-electron chi connectivity index (χ4n) is 6.25. The van der Waals surface area contributed by atoms with Crippen LogP contribution in [0, 0.1) is 0 Å². The van der Waals surface area contributed by atoms with Crippen LogP contribution in [0.15, 0.2) is 192 Å². The van der Waals surface area contributed by atoms with Crippen molar-refractivity contribution in [1.29, 1.82) is 0 Å². The molecule has 0 fully saturated rings. The summed E-state index contributed by atoms with van der Waals surface area (Å²) in [6, 6.07) is 37.2. The maximum absolute atomic E-state index is 8.50. The van der Waals surface area contributed by atoms with Crippen molar-refractivity contribution >= 4 is 49.8 Å². The first-order chi connectivity index (χ1) is 27.9. The topological polar surface area (TPSA) is 16.4 Å². The number of anilines is 3. The molecule has 0 radical (unpaired) electrons. The minimum Gasteiger partial charge on any atom is -0.456 e. The fourth-order valence-corrected chi connectivity index (χ4v) is 6.25. The number of fused-ring (bicyclic) bond motifs is 4. The van der Waals surface area contributed by atoms with Crippen LogP contribution in [0.3, 0.4) is 0 Å². The van der Waals surface area contributed by atoms with Crippen LogP contribution >= 0.6 is 0 Å². The van der Waals surface area contributed by atoms with Crippen molar-refractivity contribution in [3.8, 4) is 33.4 Å². The van der Waals surface area contributed by atoms with Gasteiger partial charge >= 0.3 is 0 Å². The summed E-state index contributed by atoms with van der Waals surface area (Å²) >= 11 is 0. The zero-order valence-electron chi connectivity index (χ0n) is 35.5. The minimum atomic E-state index is -0.454. The lowest BCUT2D eigenvalue weighted by molar-refractivity contribution is 0.669. The molecule has 8 aromatic carbocycles. The van der Waals surface area contributed by atoms with E-state index in [1.54, 1.807) is 24.3 Å². The molecule has 0 aliphatic carbocycles. The molecule has 0 bridgehead atoms. The molecule has 9 rings (SSSR count). The summed E-state index contributed by atoms with van der Waals surface area (Å²) in [6.07, 6.45) is 0. The van der Waals surface area contributed by atoms with Gasteiger partial charge in [-0.25, -0.2) is 0 Å². The average molecular weight is 624 g/mol. The predicted octanol–water partition coefficient (Wildman–Crippen LogP) is 13.2. The van der Waals surface area contributed by atoms with Gasteiger partial charge < -0.3 is 9.32 Å². The third-order valence-electron chi connectivity index (χ3n) is 8.62. The monoisotopic (exact) mass is 623 g/mol. The lowest BCUT2D eigenvalue weighted by Crippen LogP contribution is -2.09. The van der Waals surface area contributed by atoms with Crippen molar-refractivity contribution in [3.63, 3.8) is 0 Å². The van der Waals surface area contributed by atoms with Gasteiger partial charge in [0.05, 0.1) is 13.7 Å². The highest BCUT2D eigenvalue weighted by Crippen LogP contribution is 2.39. The Balaban J connectivity index is 1.14. The molecule has 226 valence electrons. The van der Waals surface area contributed by atoms with E-state index in [2.05, 4.69) is 48.5 Å². The van der Waals surface area contributed by atoms with Crippen molar-refractivity contribution in [1.82, 2.24) is 0 Å². The van der Waals surface area contributed by atoms with Crippen molar-refractivity contribution < 1.29 is 18.1 Å². The van der Waals surface area contributed by atoms with Crippen molar-refractivity contribution in [3.05, 3.63) is 188 Å². The first kappa shape index (κ1) is 19.3. The van der Waals surface area contributed by atoms with Gasteiger partial charge in [0, 0.05) is 27.8 Å². The van der Waals surface area contributed by atoms with Gasteiger partial charge in [0.15, 0.2) is 0 Å². The number of hydrogen-bond acceptors (Lipinski definition) is 2. The zero-order valence-corrected chi connectivity index (χ0v) is 25.5. The van der Waals surface area contributed by atoms with Gasteiger partial charge in [-0.3, -0.25) is 0 Å². The van der Waals surface area contributed by atoms with E-state index in [4.69, 9.17) is 18.1 Å². The molecule has 48 heavy (non-hydrogen) atoms. The molecule has 0 aliphatic rings. The second-order valence-electron chi connectivity index (χ2n) is 11.5. The molecule has 1 aromatic heterocycles. The summed E-state index contributed by atoms with van der Waals surface area (Å²) in [5, 5.41) is 4.11. The molecular weight excluding hydrogens is 583 g/mol. The van der Waals surface area contributed by atoms with Gasteiger partial charge in [0.2, 0.25) is 0 Å². The van der Waals surface area contributed by atoms with Gasteiger partial charge in [0.25, 0.3) is 0 Å². The van der Waals surface area contributed by atoms with Gasteiger partial charge in [-0.05, 0) is 105 Å². The molecule has 2 nitrogen and oxygen atoms in total. The van der Waals surface area contributed by atoms with Crippen molar-refractivity contribution in [2.75, 3.05) is 4.90 Å². The normalized spacial score (nSPS) is 14.2. The van der Waals surface area contributed by atoms with Crippen LogP contribution in [0.2, 0.25) is 0 Å². The van der Waals surface area contributed by atoms with Gasteiger partial charge in [-0.2, -0.15) is 0 Å². The van der Waals surface area contributed by atoms with Crippen LogP contribution in [0.1, 0.15) is 13.7 Å². The summed E-state index contributed by atoms with van der Waals surface area (Å²) in [5.41, 5.74) is 7.15. The molecule has 0 saturated heterocycles. The van der Waals surface area contributed by atoms with E-state index in [-0.39, 0.29) is 35.3 Å². The Labute approximate surface area is 293 Å². The molecular formula is C46H31NO. The Morgan fingerprint density at radius 1 is 0.375 bits per heavy atom. The number of para-hydroxylation sites is 1. The number of benzene rings is 8. The van der Waals surface area contributed by atoms with Crippen LogP contribution in [0.25, 0.3) is 66.1 Å². The van der Waals surface area contributed by atoms with Crippen LogP contribution in [0.4, 0.5) is 17.1 Å². The lowest BCUT2D eigenvalue weighted by Gasteiger charge is -2.26. The van der Waals surface area contributed by atoms with E-state index in [0.717, 1.165) is 49.5 Å². The summed E-state index contributed by atoms with van der Waals surface area (Å²) in [5.74, 6) is 0. The molecule has 0 atom stereocenters. The summed E-state index contributed by atoms with van der Waals surface area (Å²) in [7, 11) is 0. The highest BCUT2D eigenvalue weighted by Gasteiger charge is 2.15. The van der Waals surface area contributed by atoms with E-state index in [0.29, 0.717) is 22.5 Å². The van der Waals surface area contributed by atoms with Gasteiger partial charge in [-0.1, -0.05) is 127 Å². The van der Waals surface area contributed by atoms with E-state index < -0.39 is 36.3 Å². The number of rotatable bonds is 6. The Morgan fingerprint density at radius 3 is 1.54 bits per heavy atom. The number of nitrogens with zero attached hydrogens (tertiary/aromatic N) is 1. The third kappa shape index (κ3) is 5.10. The maximum Gasteiger partial charge on any atom is 0.135 e. The average Bonchev–Trinajstić information content (AvgIpc) is 3.62. The highest BCUT2D eigenvalue weighted by atomic mass is 16.3. The molecule has 9 aromatic rings. The second-order valence-corrected chi connectivity index (χ2v) is 11.5. The Morgan fingerprint density at radius 2 is 0.875 bits per heavy atom. The van der Waals surface area contributed by atoms with E-state index in [1.807, 2.05) is 59.5 Å². The lowest BCUT2D eigenvalue weighted by atomic mass is 9.99. The van der Waals surface area contributed by atoms with Gasteiger partial charge in [0.1, 0.15) is 11.2 Å². The van der Waals surface area contributed by atoms with Crippen LogP contribution in [0.5, 0.6) is 0 Å². The Kier molecular flexibility index (Phi) is 4.74. The Bertz CT molecular complexity index is 2950. The highest BCUT2D eigenvalue weighted by molar-refractivity contribution is 6.06. The summed E-state index contributed by atoms with van der Waals surface area (Å²) < 4.78 is 88.7. The van der Waals surface area contributed by atoms with E-state index in [9.17, 15) is 0 Å². The largest absolute Gasteiger partial charge is 0.456 e. The zero-order chi connectivity index (χ0) is 40.6. The minimum absolute atomic E-state index is 0.105. The van der Waals surface area contributed by atoms with E-state index in [1.165, 1.54) is 0 Å². The van der Waals surface area contributed by atoms with Crippen molar-refractivity contribution in [2.24, 2.45) is 0 Å². The van der Waals surface area contributed by atoms with Crippen molar-refractivity contribution in [2.45, 2.75) is 0 Å². The van der Waals surface area contributed by atoms with Crippen LogP contribution < -0.4 is 4.90 Å². The summed E-state index contributed by atoms with van der Waals surface area (Å²) in [4.78, 5) is 2.00. The predicted molar refractivity (Wildman–Crippen MR) is 202 cm³/mol. The maximum atomic E-state index is 8.50. The molecule has 0 unspecified atom stereocenters. The molecule has 0 spiro atoms. The smallest absolute Gasteiger partial charge is 0.135 e. The molecule has 0 aliphatic heterocycles. The Hall–Kier alpha value is -6.38. The quantitative estimate of drug-likeness (QED) is 0.183. The summed E-state index contributed by atoms with van der Waals surface area (Å²) in [6.45, 7) is 0. The first-order valence-corrected chi connectivity index (χ1v) is 15.5. The number of hydrogen-bond donors (Lipinski definition) is 0. The SMILES string of the molecule is [2H]c1c([2H])c([2H])c(-c2ccc(N(c3ccc(-c4c([2H])c([2H])c([2H])c([2H])c4[2H])cc3)c3ccc4cc(-c5ccc6oc7ccccc7c6c5)ccc4c3)cc2)c([2H])c1[2H]. The second kappa shape index (κ2) is 11.8. The fraction of sp³-hybridized carbons (Fsp3) is 0. The molecule has 1 heterocycles. The first-order valence-electron chi connectivity index (χ1n) is 20.5.